The van der Waals surface area contributed by atoms with Gasteiger partial charge >= 0.3 is 0 Å². The summed E-state index contributed by atoms with van der Waals surface area (Å²) in [4.78, 5) is 22.4. The number of nitrogens with one attached hydrogen (secondary N) is 1. The zero-order valence-electron chi connectivity index (χ0n) is 23.4. The Balaban J connectivity index is 1.17. The van der Waals surface area contributed by atoms with E-state index in [1.807, 2.05) is 85.1 Å². The van der Waals surface area contributed by atoms with E-state index < -0.39 is 5.82 Å². The normalized spacial score (nSPS) is 11.3. The Labute approximate surface area is 252 Å². The molecule has 6 heteroatoms. The van der Waals surface area contributed by atoms with Crippen molar-refractivity contribution in [3.05, 3.63) is 145 Å². The second-order valence-electron chi connectivity index (χ2n) is 10.6. The molecule has 8 rings (SSSR count). The molecule has 8 aromatic rings. The van der Waals surface area contributed by atoms with Crippen LogP contribution in [0.15, 0.2) is 140 Å². The minimum absolute atomic E-state index is 0.272. The molecule has 5 nitrogen and oxygen atoms in total. The smallest absolute Gasteiger partial charge is 0.167 e. The van der Waals surface area contributed by atoms with Crippen LogP contribution in [0.4, 0.5) is 4.39 Å². The third-order valence-electron chi connectivity index (χ3n) is 7.81. The summed E-state index contributed by atoms with van der Waals surface area (Å²) in [6.45, 7) is 0. The Morgan fingerprint density at radius 3 is 1.77 bits per heavy atom. The second-order valence-corrected chi connectivity index (χ2v) is 10.6. The van der Waals surface area contributed by atoms with Crippen molar-refractivity contribution in [2.45, 2.75) is 0 Å². The number of aromatic amines is 1. The summed E-state index contributed by atoms with van der Waals surface area (Å²) in [5.41, 5.74) is 7.69. The summed E-state index contributed by atoms with van der Waals surface area (Å²) in [7, 11) is 0. The van der Waals surface area contributed by atoms with Crippen LogP contribution in [0, 0.1) is 5.82 Å². The highest BCUT2D eigenvalue weighted by atomic mass is 19.1. The minimum atomic E-state index is -0.408. The largest absolute Gasteiger partial charge is 0.354 e. The molecule has 0 amide bonds. The summed E-state index contributed by atoms with van der Waals surface area (Å²) in [5, 5.41) is 2.39. The van der Waals surface area contributed by atoms with Crippen LogP contribution in [-0.4, -0.2) is 24.9 Å². The molecular formula is C38H24FN5. The van der Waals surface area contributed by atoms with Gasteiger partial charge in [-0.15, -0.1) is 0 Å². The molecule has 0 aliphatic rings. The predicted octanol–water partition coefficient (Wildman–Crippen LogP) is 9.38. The Bertz CT molecular complexity index is 2220. The molecule has 44 heavy (non-hydrogen) atoms. The van der Waals surface area contributed by atoms with Crippen LogP contribution in [0.5, 0.6) is 0 Å². The van der Waals surface area contributed by atoms with E-state index in [0.717, 1.165) is 44.5 Å². The molecule has 0 spiro atoms. The lowest BCUT2D eigenvalue weighted by molar-refractivity contribution is 0.630. The van der Waals surface area contributed by atoms with Crippen molar-refractivity contribution in [2.24, 2.45) is 0 Å². The van der Waals surface area contributed by atoms with E-state index in [2.05, 4.69) is 41.4 Å². The van der Waals surface area contributed by atoms with Crippen LogP contribution >= 0.6 is 0 Å². The average molecular weight is 570 g/mol. The fourth-order valence-corrected chi connectivity index (χ4v) is 5.55. The number of fused-ring (bicyclic) bond motifs is 3. The van der Waals surface area contributed by atoms with Crippen molar-refractivity contribution in [1.29, 1.82) is 0 Å². The van der Waals surface area contributed by atoms with Gasteiger partial charge in [-0.25, -0.2) is 19.3 Å². The topological polar surface area (TPSA) is 67.3 Å². The molecule has 1 N–H and O–H groups in total. The fraction of sp³-hybridized carbons (Fsp3) is 0. The molecule has 0 radical (unpaired) electrons. The molecule has 0 aliphatic carbocycles. The van der Waals surface area contributed by atoms with Crippen LogP contribution in [0.25, 0.3) is 78.4 Å². The monoisotopic (exact) mass is 569 g/mol. The lowest BCUT2D eigenvalue weighted by Crippen LogP contribution is -2.01. The maximum atomic E-state index is 15.4. The van der Waals surface area contributed by atoms with Gasteiger partial charge in [-0.05, 0) is 35.9 Å². The Morgan fingerprint density at radius 2 is 1.07 bits per heavy atom. The van der Waals surface area contributed by atoms with Crippen LogP contribution in [0.2, 0.25) is 0 Å². The van der Waals surface area contributed by atoms with Crippen LogP contribution in [-0.2, 0) is 0 Å². The summed E-state index contributed by atoms with van der Waals surface area (Å²) in [6.07, 6.45) is 1.82. The summed E-state index contributed by atoms with van der Waals surface area (Å²) in [6, 6.07) is 43.0. The van der Waals surface area contributed by atoms with Crippen molar-refractivity contribution < 1.29 is 4.39 Å². The maximum Gasteiger partial charge on any atom is 0.167 e. The molecule has 0 unspecified atom stereocenters. The number of H-pyrrole nitrogens is 1. The maximum absolute atomic E-state index is 15.4. The molecule has 0 bridgehead atoms. The first-order valence-electron chi connectivity index (χ1n) is 14.3. The first-order valence-corrected chi connectivity index (χ1v) is 14.3. The number of halogens is 1. The van der Waals surface area contributed by atoms with Crippen molar-refractivity contribution in [1.82, 2.24) is 24.9 Å². The van der Waals surface area contributed by atoms with Gasteiger partial charge in [0.05, 0.1) is 11.3 Å². The second kappa shape index (κ2) is 10.7. The van der Waals surface area contributed by atoms with E-state index in [1.54, 1.807) is 12.1 Å². The Hall–Kier alpha value is -6.01. The van der Waals surface area contributed by atoms with E-state index >= 15 is 4.39 Å². The van der Waals surface area contributed by atoms with E-state index in [4.69, 9.17) is 19.9 Å². The van der Waals surface area contributed by atoms with E-state index in [0.29, 0.717) is 17.2 Å². The molecule has 0 saturated carbocycles. The molecule has 3 heterocycles. The number of hydrogen-bond donors (Lipinski definition) is 1. The number of rotatable bonds is 5. The van der Waals surface area contributed by atoms with Crippen molar-refractivity contribution >= 4 is 21.8 Å². The van der Waals surface area contributed by atoms with Crippen LogP contribution < -0.4 is 0 Å². The van der Waals surface area contributed by atoms with Gasteiger partial charge in [0.25, 0.3) is 0 Å². The number of para-hydroxylation sites is 1. The number of nitrogens with zero attached hydrogens (tertiary/aromatic N) is 4. The highest BCUT2D eigenvalue weighted by molar-refractivity contribution is 6.08. The van der Waals surface area contributed by atoms with E-state index in [1.165, 1.54) is 16.8 Å². The lowest BCUT2D eigenvalue weighted by Gasteiger charge is -2.10. The molecule has 0 fully saturated rings. The van der Waals surface area contributed by atoms with Gasteiger partial charge in [0, 0.05) is 50.3 Å². The standard InChI is InChI=1S/C38H24FN5/c39-32-19-16-26(28-17-20-33(40-23-28)27-15-18-30-29-13-7-8-14-34(29)41-35(30)22-27)21-31(32)38-43-36(24-9-3-1-4-10-24)42-37(44-38)25-11-5-2-6-12-25/h1-23,41H. The number of pyridine rings is 1. The van der Waals surface area contributed by atoms with Gasteiger partial charge < -0.3 is 4.98 Å². The zero-order chi connectivity index (χ0) is 29.5. The third-order valence-corrected chi connectivity index (χ3v) is 7.81. The van der Waals surface area contributed by atoms with Gasteiger partial charge in [-0.2, -0.15) is 0 Å². The van der Waals surface area contributed by atoms with Crippen LogP contribution in [0.3, 0.4) is 0 Å². The first kappa shape index (κ1) is 25.7. The van der Waals surface area contributed by atoms with Gasteiger partial charge in [0.2, 0.25) is 0 Å². The zero-order valence-corrected chi connectivity index (χ0v) is 23.4. The molecular weight excluding hydrogens is 545 g/mol. The quantitative estimate of drug-likeness (QED) is 0.224. The first-order chi connectivity index (χ1) is 21.7. The van der Waals surface area contributed by atoms with Crippen LogP contribution in [0.1, 0.15) is 0 Å². The summed E-state index contributed by atoms with van der Waals surface area (Å²) < 4.78 is 15.4. The average Bonchev–Trinajstić information content (AvgIpc) is 3.47. The van der Waals surface area contributed by atoms with Gasteiger partial charge in [0.15, 0.2) is 17.5 Å². The van der Waals surface area contributed by atoms with Crippen molar-refractivity contribution in [2.75, 3.05) is 0 Å². The third kappa shape index (κ3) is 4.68. The van der Waals surface area contributed by atoms with Gasteiger partial charge in [-0.3, -0.25) is 4.98 Å². The summed E-state index contributed by atoms with van der Waals surface area (Å²) in [5.74, 6) is 0.830. The van der Waals surface area contributed by atoms with Gasteiger partial charge in [-0.1, -0.05) is 103 Å². The SMILES string of the molecule is Fc1ccc(-c2ccc(-c3ccc4c(c3)[nH]c3ccccc34)nc2)cc1-c1nc(-c2ccccc2)nc(-c2ccccc2)n1. The van der Waals surface area contributed by atoms with E-state index in [-0.39, 0.29) is 5.82 Å². The molecule has 0 aliphatic heterocycles. The molecule has 3 aromatic heterocycles. The molecule has 0 atom stereocenters. The molecule has 5 aromatic carbocycles. The number of aromatic nitrogens is 5. The molecule has 208 valence electrons. The minimum Gasteiger partial charge on any atom is -0.354 e. The highest BCUT2D eigenvalue weighted by Crippen LogP contribution is 2.32. The highest BCUT2D eigenvalue weighted by Gasteiger charge is 2.16. The van der Waals surface area contributed by atoms with Crippen molar-refractivity contribution in [3.63, 3.8) is 0 Å². The lowest BCUT2D eigenvalue weighted by atomic mass is 10.0. The van der Waals surface area contributed by atoms with Crippen molar-refractivity contribution in [3.8, 4) is 56.5 Å². The Morgan fingerprint density at radius 1 is 0.455 bits per heavy atom. The summed E-state index contributed by atoms with van der Waals surface area (Å²) >= 11 is 0. The fourth-order valence-electron chi connectivity index (χ4n) is 5.55. The molecule has 0 saturated heterocycles. The number of benzene rings is 5. The Kier molecular flexibility index (Phi) is 6.23. The van der Waals surface area contributed by atoms with E-state index in [9.17, 15) is 0 Å². The predicted molar refractivity (Wildman–Crippen MR) is 174 cm³/mol. The number of hydrogen-bond acceptors (Lipinski definition) is 4. The van der Waals surface area contributed by atoms with Gasteiger partial charge in [0.1, 0.15) is 5.82 Å².